The van der Waals surface area contributed by atoms with Crippen LogP contribution in [0.15, 0.2) is 48.5 Å². The fourth-order valence-corrected chi connectivity index (χ4v) is 3.18. The molecule has 2 amide bonds. The highest BCUT2D eigenvalue weighted by atomic mass is 19.3. The number of hydrogen-bond acceptors (Lipinski definition) is 3. The van der Waals surface area contributed by atoms with Crippen molar-refractivity contribution in [1.29, 1.82) is 0 Å². The first kappa shape index (κ1) is 23.6. The minimum Gasteiger partial charge on any atom is -0.496 e. The summed E-state index contributed by atoms with van der Waals surface area (Å²) in [7, 11) is 1.34. The van der Waals surface area contributed by atoms with Gasteiger partial charge >= 0.3 is 6.03 Å². The van der Waals surface area contributed by atoms with Crippen molar-refractivity contribution >= 4 is 11.7 Å². The molecule has 0 spiro atoms. The average Bonchev–Trinajstić information content (AvgIpc) is 2.72. The minimum atomic E-state index is -3.08. The third kappa shape index (κ3) is 6.69. The fraction of sp³-hybridized carbons (Fsp3) is 0.435. The molecule has 0 saturated carbocycles. The van der Waals surface area contributed by atoms with Gasteiger partial charge in [-0.25, -0.2) is 13.6 Å². The number of nitrogens with one attached hydrogen (secondary N) is 2. The second-order valence-corrected chi connectivity index (χ2v) is 7.65. The summed E-state index contributed by atoms with van der Waals surface area (Å²) in [5.74, 6) is -2.65. The zero-order chi connectivity index (χ0) is 22.1. The molecular weight excluding hydrogens is 390 g/mol. The van der Waals surface area contributed by atoms with Gasteiger partial charge in [-0.1, -0.05) is 50.6 Å². The van der Waals surface area contributed by atoms with E-state index in [9.17, 15) is 18.7 Å². The van der Waals surface area contributed by atoms with Crippen LogP contribution in [0.2, 0.25) is 0 Å². The third-order valence-corrected chi connectivity index (χ3v) is 4.81. The van der Waals surface area contributed by atoms with Crippen molar-refractivity contribution in [3.63, 3.8) is 0 Å². The number of urea groups is 1. The number of ether oxygens (including phenoxy) is 1. The monoisotopic (exact) mass is 420 g/mol. The van der Waals surface area contributed by atoms with E-state index in [0.717, 1.165) is 5.56 Å². The van der Waals surface area contributed by atoms with Crippen molar-refractivity contribution in [3.05, 3.63) is 59.7 Å². The summed E-state index contributed by atoms with van der Waals surface area (Å²) in [6.07, 6.45) is 0.805. The number of hydrogen-bond donors (Lipinski definition) is 3. The molecule has 0 fully saturated rings. The predicted octanol–water partition coefficient (Wildman–Crippen LogP) is 5.47. The van der Waals surface area contributed by atoms with E-state index in [1.807, 2.05) is 19.9 Å². The largest absolute Gasteiger partial charge is 0.496 e. The molecule has 0 aliphatic heterocycles. The van der Waals surface area contributed by atoms with Crippen LogP contribution in [0.3, 0.4) is 0 Å². The molecule has 2 aromatic rings. The van der Waals surface area contributed by atoms with E-state index in [-0.39, 0.29) is 30.0 Å². The Bertz CT molecular complexity index is 813. The number of amides is 2. The topological polar surface area (TPSA) is 70.6 Å². The van der Waals surface area contributed by atoms with Crippen LogP contribution in [0.5, 0.6) is 5.75 Å². The number of benzene rings is 2. The van der Waals surface area contributed by atoms with Gasteiger partial charge in [-0.3, -0.25) is 0 Å². The van der Waals surface area contributed by atoms with Gasteiger partial charge in [0.2, 0.25) is 0 Å². The Morgan fingerprint density at radius 1 is 1.17 bits per heavy atom. The molecule has 0 heterocycles. The summed E-state index contributed by atoms with van der Waals surface area (Å²) >= 11 is 0. The lowest BCUT2D eigenvalue weighted by molar-refractivity contribution is -0.0183. The minimum absolute atomic E-state index is 0.0769. The first-order valence-corrected chi connectivity index (χ1v) is 10.1. The van der Waals surface area contributed by atoms with E-state index in [4.69, 9.17) is 4.74 Å². The van der Waals surface area contributed by atoms with Crippen LogP contribution < -0.4 is 15.4 Å². The number of alkyl halides is 2. The molecule has 0 aliphatic carbocycles. The van der Waals surface area contributed by atoms with Crippen LogP contribution in [0.1, 0.15) is 50.3 Å². The SMILES string of the molecule is COc1ccc(NC(=O)N[C@H](CO)c2ccccc2)cc1C(F)(F)CCCC(C)C. The number of anilines is 1. The predicted molar refractivity (Wildman–Crippen MR) is 114 cm³/mol. The molecule has 0 aliphatic rings. The van der Waals surface area contributed by atoms with E-state index in [2.05, 4.69) is 10.6 Å². The number of carbonyl (C=O) groups is 1. The Morgan fingerprint density at radius 2 is 1.87 bits per heavy atom. The maximum Gasteiger partial charge on any atom is 0.319 e. The molecule has 3 N–H and O–H groups in total. The lowest BCUT2D eigenvalue weighted by atomic mass is 9.98. The zero-order valence-corrected chi connectivity index (χ0v) is 17.6. The third-order valence-electron chi connectivity index (χ3n) is 4.81. The van der Waals surface area contributed by atoms with Crippen molar-refractivity contribution in [1.82, 2.24) is 5.32 Å². The van der Waals surface area contributed by atoms with Crippen LogP contribution >= 0.6 is 0 Å². The lowest BCUT2D eigenvalue weighted by Crippen LogP contribution is -2.34. The number of aliphatic hydroxyl groups is 1. The Hall–Kier alpha value is -2.67. The second kappa shape index (κ2) is 10.9. The summed E-state index contributed by atoms with van der Waals surface area (Å²) in [4.78, 5) is 12.4. The van der Waals surface area contributed by atoms with Gasteiger partial charge in [-0.05, 0) is 36.1 Å². The maximum atomic E-state index is 14.8. The fourth-order valence-electron chi connectivity index (χ4n) is 3.18. The molecule has 0 aromatic heterocycles. The molecule has 2 aromatic carbocycles. The highest BCUT2D eigenvalue weighted by Gasteiger charge is 2.34. The Morgan fingerprint density at radius 3 is 2.47 bits per heavy atom. The number of rotatable bonds is 10. The summed E-state index contributed by atoms with van der Waals surface area (Å²) in [6, 6.07) is 11.9. The van der Waals surface area contributed by atoms with E-state index >= 15 is 0 Å². The van der Waals surface area contributed by atoms with Crippen molar-refractivity contribution in [3.8, 4) is 5.75 Å². The number of methoxy groups -OCH3 is 1. The van der Waals surface area contributed by atoms with Crippen molar-refractivity contribution in [2.45, 2.75) is 45.1 Å². The van der Waals surface area contributed by atoms with Crippen LogP contribution in [0.25, 0.3) is 0 Å². The van der Waals surface area contributed by atoms with Crippen molar-refractivity contribution in [2.24, 2.45) is 5.92 Å². The van der Waals surface area contributed by atoms with Crippen molar-refractivity contribution < 1.29 is 23.4 Å². The molecule has 0 saturated heterocycles. The van der Waals surface area contributed by atoms with Crippen LogP contribution in [0.4, 0.5) is 19.3 Å². The summed E-state index contributed by atoms with van der Waals surface area (Å²) in [5, 5.41) is 14.8. The standard InChI is InChI=1S/C23H30F2N2O3/c1-16(2)8-7-13-23(24,25)19-14-18(11-12-21(19)30-3)26-22(29)27-20(15-28)17-9-5-4-6-10-17/h4-6,9-12,14,16,20,28H,7-8,13,15H2,1-3H3,(H2,26,27,29)/t20-/m1/s1. The Labute approximate surface area is 176 Å². The normalized spacial score (nSPS) is 12.5. The van der Waals surface area contributed by atoms with Gasteiger partial charge in [0.15, 0.2) is 0 Å². The van der Waals surface area contributed by atoms with Crippen molar-refractivity contribution in [2.75, 3.05) is 19.0 Å². The highest BCUT2D eigenvalue weighted by Crippen LogP contribution is 2.40. The van der Waals surface area contributed by atoms with Gasteiger partial charge in [0.05, 0.1) is 25.3 Å². The molecule has 1 atom stereocenters. The maximum absolute atomic E-state index is 14.8. The van der Waals surface area contributed by atoms with E-state index in [1.54, 1.807) is 24.3 Å². The lowest BCUT2D eigenvalue weighted by Gasteiger charge is -2.21. The van der Waals surface area contributed by atoms with Gasteiger partial charge in [-0.15, -0.1) is 0 Å². The average molecular weight is 421 g/mol. The molecule has 30 heavy (non-hydrogen) atoms. The molecule has 5 nitrogen and oxygen atoms in total. The van der Waals surface area contributed by atoms with E-state index in [1.165, 1.54) is 25.3 Å². The Kier molecular flexibility index (Phi) is 8.59. The van der Waals surface area contributed by atoms with Crippen LogP contribution in [0, 0.1) is 5.92 Å². The summed E-state index contributed by atoms with van der Waals surface area (Å²) < 4.78 is 34.7. The Balaban J connectivity index is 2.12. The number of carbonyl (C=O) groups excluding carboxylic acids is 1. The molecule has 7 heteroatoms. The smallest absolute Gasteiger partial charge is 0.319 e. The molecule has 0 bridgehead atoms. The van der Waals surface area contributed by atoms with Gasteiger partial charge in [0.1, 0.15) is 5.75 Å². The first-order valence-electron chi connectivity index (χ1n) is 10.1. The van der Waals surface area contributed by atoms with E-state index < -0.39 is 18.0 Å². The highest BCUT2D eigenvalue weighted by molar-refractivity contribution is 5.89. The molecule has 2 rings (SSSR count). The van der Waals surface area contributed by atoms with Crippen LogP contribution in [-0.4, -0.2) is 24.9 Å². The second-order valence-electron chi connectivity index (χ2n) is 7.65. The molecule has 164 valence electrons. The van der Waals surface area contributed by atoms with Gasteiger partial charge in [0, 0.05) is 12.1 Å². The zero-order valence-electron chi connectivity index (χ0n) is 17.6. The number of halogens is 2. The molecule has 0 radical (unpaired) electrons. The summed E-state index contributed by atoms with van der Waals surface area (Å²) in [5.41, 5.74) is 0.701. The van der Waals surface area contributed by atoms with Crippen LogP contribution in [-0.2, 0) is 5.92 Å². The van der Waals surface area contributed by atoms with Gasteiger partial charge in [-0.2, -0.15) is 0 Å². The van der Waals surface area contributed by atoms with E-state index in [0.29, 0.717) is 18.8 Å². The van der Waals surface area contributed by atoms with Gasteiger partial charge in [0.25, 0.3) is 5.92 Å². The quantitative estimate of drug-likeness (QED) is 0.477. The molecular formula is C23H30F2N2O3. The van der Waals surface area contributed by atoms with Gasteiger partial charge < -0.3 is 20.5 Å². The molecule has 0 unspecified atom stereocenters. The first-order chi connectivity index (χ1) is 14.3. The number of aliphatic hydroxyl groups excluding tert-OH is 1. The summed E-state index contributed by atoms with van der Waals surface area (Å²) in [6.45, 7) is 3.70.